The van der Waals surface area contributed by atoms with Gasteiger partial charge in [-0.15, -0.1) is 0 Å². The number of benzene rings is 1. The molecule has 2 aliphatic rings. The lowest BCUT2D eigenvalue weighted by molar-refractivity contribution is -0.895. The van der Waals surface area contributed by atoms with Crippen LogP contribution in [-0.4, -0.2) is 72.8 Å². The maximum atomic E-state index is 12.9. The number of ether oxygens (including phenoxy) is 2. The van der Waals surface area contributed by atoms with Gasteiger partial charge in [-0.3, -0.25) is 14.4 Å². The SMILES string of the molecule is CC(=O)c1c(C)[nH]c(C(=O)C[NH+]2CCN(C(=O)[C@H]3COc4ccccc4O3)CC2)c1C. The van der Waals surface area contributed by atoms with Gasteiger partial charge in [0.2, 0.25) is 11.9 Å². The maximum absolute atomic E-state index is 12.9. The second-order valence-electron chi connectivity index (χ2n) is 8.22. The van der Waals surface area contributed by atoms with Crippen LogP contribution in [-0.2, 0) is 4.79 Å². The minimum atomic E-state index is -0.646. The molecule has 0 bridgehead atoms. The lowest BCUT2D eigenvalue weighted by atomic mass is 10.1. The molecule has 2 aromatic rings. The Bertz CT molecular complexity index is 1020. The molecule has 2 N–H and O–H groups in total. The molecule has 1 aromatic heterocycles. The molecule has 0 unspecified atom stereocenters. The molecule has 1 amide bonds. The average molecular weight is 426 g/mol. The van der Waals surface area contributed by atoms with Gasteiger partial charge in [0.05, 0.1) is 31.9 Å². The van der Waals surface area contributed by atoms with Crippen molar-refractivity contribution in [3.8, 4) is 11.5 Å². The highest BCUT2D eigenvalue weighted by molar-refractivity contribution is 6.03. The molecule has 1 saturated heterocycles. The lowest BCUT2D eigenvalue weighted by Crippen LogP contribution is -3.15. The van der Waals surface area contributed by atoms with E-state index in [2.05, 4.69) is 4.98 Å². The van der Waals surface area contributed by atoms with Crippen LogP contribution < -0.4 is 14.4 Å². The van der Waals surface area contributed by atoms with Crippen molar-refractivity contribution in [3.63, 3.8) is 0 Å². The van der Waals surface area contributed by atoms with Gasteiger partial charge >= 0.3 is 0 Å². The molecule has 0 spiro atoms. The summed E-state index contributed by atoms with van der Waals surface area (Å²) in [5.41, 5.74) is 2.57. The van der Waals surface area contributed by atoms with Gasteiger partial charge in [0.1, 0.15) is 13.2 Å². The van der Waals surface area contributed by atoms with Crippen LogP contribution >= 0.6 is 0 Å². The van der Waals surface area contributed by atoms with Crippen LogP contribution in [0.1, 0.15) is 39.0 Å². The van der Waals surface area contributed by atoms with Crippen molar-refractivity contribution in [2.75, 3.05) is 39.3 Å². The molecule has 164 valence electrons. The molecule has 31 heavy (non-hydrogen) atoms. The number of amides is 1. The number of H-pyrrole nitrogens is 1. The Labute approximate surface area is 181 Å². The van der Waals surface area contributed by atoms with E-state index in [-0.39, 0.29) is 24.1 Å². The van der Waals surface area contributed by atoms with E-state index in [0.29, 0.717) is 55.5 Å². The van der Waals surface area contributed by atoms with Gasteiger partial charge in [0, 0.05) is 11.3 Å². The molecule has 3 heterocycles. The van der Waals surface area contributed by atoms with E-state index in [1.807, 2.05) is 32.0 Å². The summed E-state index contributed by atoms with van der Waals surface area (Å²) in [5.74, 6) is 1.11. The Balaban J connectivity index is 1.32. The zero-order valence-corrected chi connectivity index (χ0v) is 18.1. The maximum Gasteiger partial charge on any atom is 0.267 e. The van der Waals surface area contributed by atoms with Crippen molar-refractivity contribution in [2.45, 2.75) is 26.9 Å². The topological polar surface area (TPSA) is 93.1 Å². The zero-order valence-electron chi connectivity index (χ0n) is 18.1. The van der Waals surface area contributed by atoms with Gasteiger partial charge in [-0.05, 0) is 38.5 Å². The first-order chi connectivity index (χ1) is 14.8. The Kier molecular flexibility index (Phi) is 5.82. The van der Waals surface area contributed by atoms with E-state index in [4.69, 9.17) is 9.47 Å². The number of aromatic amines is 1. The number of hydrogen-bond donors (Lipinski definition) is 2. The summed E-state index contributed by atoms with van der Waals surface area (Å²) in [6, 6.07) is 7.33. The summed E-state index contributed by atoms with van der Waals surface area (Å²) < 4.78 is 11.5. The van der Waals surface area contributed by atoms with Crippen LogP contribution in [0.4, 0.5) is 0 Å². The van der Waals surface area contributed by atoms with Crippen LogP contribution in [0.3, 0.4) is 0 Å². The zero-order chi connectivity index (χ0) is 22.1. The minimum absolute atomic E-state index is 0.0107. The molecule has 1 aromatic carbocycles. The number of Topliss-reactive ketones (excluding diaryl/α,β-unsaturated/α-hetero) is 2. The molecular formula is C23H28N3O5+. The third-order valence-electron chi connectivity index (χ3n) is 6.05. The summed E-state index contributed by atoms with van der Waals surface area (Å²) in [4.78, 5) is 43.5. The monoisotopic (exact) mass is 426 g/mol. The predicted octanol–water partition coefficient (Wildman–Crippen LogP) is 0.584. The van der Waals surface area contributed by atoms with Gasteiger partial charge in [-0.2, -0.15) is 0 Å². The number of ketones is 2. The van der Waals surface area contributed by atoms with Crippen molar-refractivity contribution in [1.82, 2.24) is 9.88 Å². The highest BCUT2D eigenvalue weighted by Crippen LogP contribution is 2.31. The number of carbonyl (C=O) groups excluding carboxylic acids is 3. The van der Waals surface area contributed by atoms with Crippen LogP contribution in [0.5, 0.6) is 11.5 Å². The average Bonchev–Trinajstić information content (AvgIpc) is 3.07. The molecular weight excluding hydrogens is 398 g/mol. The number of hydrogen-bond acceptors (Lipinski definition) is 5. The summed E-state index contributed by atoms with van der Waals surface area (Å²) in [7, 11) is 0. The first-order valence-electron chi connectivity index (χ1n) is 10.6. The number of quaternary nitrogens is 1. The molecule has 0 aliphatic carbocycles. The quantitative estimate of drug-likeness (QED) is 0.683. The molecule has 8 heteroatoms. The third kappa shape index (κ3) is 4.20. The van der Waals surface area contributed by atoms with Crippen LogP contribution in [0, 0.1) is 13.8 Å². The highest BCUT2D eigenvalue weighted by Gasteiger charge is 2.34. The van der Waals surface area contributed by atoms with E-state index >= 15 is 0 Å². The van der Waals surface area contributed by atoms with Gasteiger partial charge in [0.25, 0.3) is 5.91 Å². The standard InChI is InChI=1S/C23H27N3O5/c1-14-21(16(3)27)15(2)24-22(14)17(28)12-25-8-10-26(11-9-25)23(29)20-13-30-18-6-4-5-7-19(18)31-20/h4-7,20,24H,8-13H2,1-3H3/p+1/t20-/m1/s1. The van der Waals surface area contributed by atoms with Crippen molar-refractivity contribution >= 4 is 17.5 Å². The number of rotatable bonds is 5. The van der Waals surface area contributed by atoms with Gasteiger partial charge < -0.3 is 24.3 Å². The van der Waals surface area contributed by atoms with Crippen molar-refractivity contribution < 1.29 is 28.8 Å². The lowest BCUT2D eigenvalue weighted by Gasteiger charge is -2.35. The van der Waals surface area contributed by atoms with Gasteiger partial charge in [0.15, 0.2) is 17.3 Å². The normalized spacial score (nSPS) is 18.7. The van der Waals surface area contributed by atoms with E-state index < -0.39 is 6.10 Å². The molecule has 1 atom stereocenters. The fourth-order valence-corrected chi connectivity index (χ4v) is 4.44. The number of carbonyl (C=O) groups is 3. The Morgan fingerprint density at radius 3 is 2.45 bits per heavy atom. The highest BCUT2D eigenvalue weighted by atomic mass is 16.6. The van der Waals surface area contributed by atoms with E-state index in [1.54, 1.807) is 11.0 Å². The van der Waals surface area contributed by atoms with Crippen molar-refractivity contribution in [1.29, 1.82) is 0 Å². The number of nitrogens with one attached hydrogen (secondary N) is 2. The summed E-state index contributed by atoms with van der Waals surface area (Å²) in [6.07, 6.45) is -0.646. The number of aryl methyl sites for hydroxylation is 1. The van der Waals surface area contributed by atoms with Crippen LogP contribution in [0.15, 0.2) is 24.3 Å². The van der Waals surface area contributed by atoms with Crippen molar-refractivity contribution in [2.24, 2.45) is 0 Å². The second-order valence-corrected chi connectivity index (χ2v) is 8.22. The number of para-hydroxylation sites is 2. The first-order valence-corrected chi connectivity index (χ1v) is 10.6. The molecule has 2 aliphatic heterocycles. The number of aromatic nitrogens is 1. The fraction of sp³-hybridized carbons (Fsp3) is 0.435. The predicted molar refractivity (Wildman–Crippen MR) is 113 cm³/mol. The number of fused-ring (bicyclic) bond motifs is 1. The fourth-order valence-electron chi connectivity index (χ4n) is 4.44. The van der Waals surface area contributed by atoms with E-state index in [9.17, 15) is 14.4 Å². The number of nitrogens with zero attached hydrogens (tertiary/aromatic N) is 1. The van der Waals surface area contributed by atoms with E-state index in [0.717, 1.165) is 16.2 Å². The molecule has 8 nitrogen and oxygen atoms in total. The van der Waals surface area contributed by atoms with Crippen molar-refractivity contribution in [3.05, 3.63) is 46.8 Å². The third-order valence-corrected chi connectivity index (χ3v) is 6.05. The van der Waals surface area contributed by atoms with E-state index in [1.165, 1.54) is 6.92 Å². The second kappa shape index (κ2) is 8.55. The molecule has 4 rings (SSSR count). The minimum Gasteiger partial charge on any atom is -0.485 e. The Morgan fingerprint density at radius 1 is 1.13 bits per heavy atom. The van der Waals surface area contributed by atoms with Crippen LogP contribution in [0.25, 0.3) is 0 Å². The molecule has 0 radical (unpaired) electrons. The van der Waals surface area contributed by atoms with Gasteiger partial charge in [-0.25, -0.2) is 0 Å². The smallest absolute Gasteiger partial charge is 0.267 e. The largest absolute Gasteiger partial charge is 0.485 e. The number of piperazine rings is 1. The molecule has 1 fully saturated rings. The summed E-state index contributed by atoms with van der Waals surface area (Å²) in [6.45, 7) is 8.15. The van der Waals surface area contributed by atoms with Crippen LogP contribution in [0.2, 0.25) is 0 Å². The first kappa shape index (κ1) is 21.1. The molecule has 0 saturated carbocycles. The van der Waals surface area contributed by atoms with Gasteiger partial charge in [-0.1, -0.05) is 12.1 Å². The Morgan fingerprint density at radius 2 is 1.81 bits per heavy atom. The summed E-state index contributed by atoms with van der Waals surface area (Å²) >= 11 is 0. The Hall–Kier alpha value is -3.13. The summed E-state index contributed by atoms with van der Waals surface area (Å²) in [5, 5.41) is 0.